The number of phosphoric ester groups is 1. The number of likely N-dealkylation sites (N-methyl/N-ethyl adjacent to an activating group) is 1. The third-order valence-electron chi connectivity index (χ3n) is 12.0. The lowest BCUT2D eigenvalue weighted by Crippen LogP contribution is -2.37. The van der Waals surface area contributed by atoms with Gasteiger partial charge in [0, 0.05) is 13.0 Å². The van der Waals surface area contributed by atoms with E-state index in [1.165, 1.54) is 180 Å². The molecule has 0 radical (unpaired) electrons. The van der Waals surface area contributed by atoms with Gasteiger partial charge in [0.25, 0.3) is 0 Å². The summed E-state index contributed by atoms with van der Waals surface area (Å²) >= 11 is 0. The zero-order chi connectivity index (χ0) is 46.9. The molecule has 0 saturated heterocycles. The lowest BCUT2D eigenvalue weighted by atomic mass is 10.0. The molecule has 0 amide bonds. The summed E-state index contributed by atoms with van der Waals surface area (Å²) in [6, 6.07) is 0. The molecule has 0 saturated carbocycles. The van der Waals surface area contributed by atoms with Gasteiger partial charge in [0.1, 0.15) is 19.3 Å². The number of nitrogens with zero attached hydrogens (tertiary/aromatic N) is 1. The van der Waals surface area contributed by atoms with Gasteiger partial charge < -0.3 is 18.9 Å². The standard InChI is InChI=1S/C55H106NO7P/c1-6-8-10-12-14-16-18-20-22-24-26-27-28-29-30-32-34-36-38-40-42-44-46-48-55(57)63-54(53-62-64(58,59)61-51-49-56(3,4)5)52-60-50-47-45-43-41-39-37-35-33-31-25-23-21-19-17-15-13-11-9-7-2/h18,20,24,26,28-29,54H,6-17,19,21-23,25,27,30-53H2,1-5H3/p+1/b20-18-,26-24-,29-28-. The molecular weight excluding hydrogens is 818 g/mol. The SMILES string of the molecule is CCCCCCC/C=C\C/C=C\C/C=C\CCCCCCCCCCC(=O)OC(COCCCCCCCCCCCCCCCCCCCCC)COP(=O)(O)OCC[N+](C)(C)C. The Morgan fingerprint density at radius 2 is 0.859 bits per heavy atom. The van der Waals surface area contributed by atoms with Crippen molar-refractivity contribution in [2.75, 3.05) is 54.1 Å². The highest BCUT2D eigenvalue weighted by Crippen LogP contribution is 2.43. The van der Waals surface area contributed by atoms with Crippen molar-refractivity contribution in [2.24, 2.45) is 0 Å². The van der Waals surface area contributed by atoms with E-state index < -0.39 is 13.9 Å². The minimum atomic E-state index is -4.28. The zero-order valence-electron chi connectivity index (χ0n) is 43.0. The molecule has 0 rings (SSSR count). The van der Waals surface area contributed by atoms with Crippen LogP contribution in [0.15, 0.2) is 36.5 Å². The molecule has 64 heavy (non-hydrogen) atoms. The summed E-state index contributed by atoms with van der Waals surface area (Å²) < 4.78 is 35.2. The molecule has 0 fully saturated rings. The lowest BCUT2D eigenvalue weighted by molar-refractivity contribution is -0.870. The Bertz CT molecular complexity index is 1120. The average Bonchev–Trinajstić information content (AvgIpc) is 3.25. The van der Waals surface area contributed by atoms with Gasteiger partial charge in [0.05, 0.1) is 34.4 Å². The van der Waals surface area contributed by atoms with Gasteiger partial charge in [0.2, 0.25) is 0 Å². The van der Waals surface area contributed by atoms with Crippen LogP contribution in [-0.4, -0.2) is 75.6 Å². The first-order valence-corrected chi connectivity index (χ1v) is 28.7. The third-order valence-corrected chi connectivity index (χ3v) is 12.9. The van der Waals surface area contributed by atoms with Crippen LogP contribution in [0.25, 0.3) is 0 Å². The molecule has 0 aromatic carbocycles. The Labute approximate surface area is 397 Å². The monoisotopic (exact) mass is 925 g/mol. The molecule has 0 bridgehead atoms. The molecule has 1 N–H and O–H groups in total. The van der Waals surface area contributed by atoms with Crippen molar-refractivity contribution in [3.8, 4) is 0 Å². The van der Waals surface area contributed by atoms with Crippen LogP contribution < -0.4 is 0 Å². The Morgan fingerprint density at radius 3 is 1.28 bits per heavy atom. The number of hydrogen-bond donors (Lipinski definition) is 1. The fourth-order valence-corrected chi connectivity index (χ4v) is 8.48. The van der Waals surface area contributed by atoms with E-state index in [0.29, 0.717) is 24.1 Å². The number of esters is 1. The molecule has 0 aliphatic heterocycles. The van der Waals surface area contributed by atoms with Crippen LogP contribution in [0.5, 0.6) is 0 Å². The molecular formula is C55H107NO7P+. The number of carbonyl (C=O) groups is 1. The smallest absolute Gasteiger partial charge is 0.457 e. The van der Waals surface area contributed by atoms with Gasteiger partial charge in [-0.1, -0.05) is 230 Å². The fourth-order valence-electron chi connectivity index (χ4n) is 7.74. The average molecular weight is 925 g/mol. The van der Waals surface area contributed by atoms with Crippen LogP contribution in [-0.2, 0) is 27.9 Å². The first-order valence-electron chi connectivity index (χ1n) is 27.2. The largest absolute Gasteiger partial charge is 0.472 e. The second-order valence-electron chi connectivity index (χ2n) is 19.6. The van der Waals surface area contributed by atoms with Gasteiger partial charge in [-0.05, 0) is 51.4 Å². The Morgan fingerprint density at radius 1 is 0.484 bits per heavy atom. The predicted molar refractivity (Wildman–Crippen MR) is 275 cm³/mol. The molecule has 0 aromatic rings. The fraction of sp³-hybridized carbons (Fsp3) is 0.873. The summed E-state index contributed by atoms with van der Waals surface area (Å²) in [6.45, 7) is 5.65. The number of allylic oxidation sites excluding steroid dienone is 6. The van der Waals surface area contributed by atoms with Crippen molar-refractivity contribution in [3.63, 3.8) is 0 Å². The van der Waals surface area contributed by atoms with Crippen LogP contribution in [0.2, 0.25) is 0 Å². The highest BCUT2D eigenvalue weighted by Gasteiger charge is 2.26. The van der Waals surface area contributed by atoms with E-state index in [4.69, 9.17) is 18.5 Å². The summed E-state index contributed by atoms with van der Waals surface area (Å²) in [7, 11) is 1.67. The van der Waals surface area contributed by atoms with E-state index in [1.54, 1.807) is 0 Å². The number of ether oxygens (including phenoxy) is 2. The number of carbonyl (C=O) groups excluding carboxylic acids is 1. The molecule has 9 heteroatoms. The number of rotatable bonds is 51. The summed E-state index contributed by atoms with van der Waals surface area (Å²) in [5.74, 6) is -0.316. The minimum absolute atomic E-state index is 0.0883. The Balaban J connectivity index is 4.11. The van der Waals surface area contributed by atoms with E-state index in [0.717, 1.165) is 51.4 Å². The van der Waals surface area contributed by atoms with Gasteiger partial charge in [0.15, 0.2) is 0 Å². The zero-order valence-corrected chi connectivity index (χ0v) is 43.9. The number of hydrogen-bond acceptors (Lipinski definition) is 6. The topological polar surface area (TPSA) is 91.3 Å². The summed E-state index contributed by atoms with van der Waals surface area (Å²) in [5, 5.41) is 0. The van der Waals surface area contributed by atoms with Gasteiger partial charge in [-0.25, -0.2) is 4.57 Å². The highest BCUT2D eigenvalue weighted by molar-refractivity contribution is 7.47. The molecule has 378 valence electrons. The predicted octanol–water partition coefficient (Wildman–Crippen LogP) is 16.9. The van der Waals surface area contributed by atoms with Crippen LogP contribution in [0, 0.1) is 0 Å². The summed E-state index contributed by atoms with van der Waals surface area (Å²) in [6.07, 6.45) is 59.1. The molecule has 0 aromatic heterocycles. The first kappa shape index (κ1) is 62.7. The number of phosphoric acid groups is 1. The van der Waals surface area contributed by atoms with E-state index in [9.17, 15) is 14.3 Å². The van der Waals surface area contributed by atoms with Gasteiger partial charge >= 0.3 is 13.8 Å². The van der Waals surface area contributed by atoms with Crippen molar-refractivity contribution >= 4 is 13.8 Å². The maximum Gasteiger partial charge on any atom is 0.472 e. The quantitative estimate of drug-likeness (QED) is 0.0214. The van der Waals surface area contributed by atoms with Gasteiger partial charge in [-0.2, -0.15) is 0 Å². The van der Waals surface area contributed by atoms with E-state index in [-0.39, 0.29) is 25.8 Å². The number of unbranched alkanes of at least 4 members (excludes halogenated alkanes) is 31. The number of quaternary nitrogens is 1. The lowest BCUT2D eigenvalue weighted by Gasteiger charge is -2.24. The van der Waals surface area contributed by atoms with Crippen molar-refractivity contribution in [1.29, 1.82) is 0 Å². The Kier molecular flexibility index (Phi) is 47.2. The summed E-state index contributed by atoms with van der Waals surface area (Å²) in [5.41, 5.74) is 0. The summed E-state index contributed by atoms with van der Waals surface area (Å²) in [4.78, 5) is 23.0. The molecule has 0 spiro atoms. The van der Waals surface area contributed by atoms with E-state index in [2.05, 4.69) is 50.3 Å². The maximum atomic E-state index is 12.8. The molecule has 2 unspecified atom stereocenters. The van der Waals surface area contributed by atoms with Crippen molar-refractivity contribution in [3.05, 3.63) is 36.5 Å². The van der Waals surface area contributed by atoms with E-state index >= 15 is 0 Å². The van der Waals surface area contributed by atoms with Crippen LogP contribution >= 0.6 is 7.82 Å². The molecule has 0 heterocycles. The van der Waals surface area contributed by atoms with E-state index in [1.807, 2.05) is 21.1 Å². The highest BCUT2D eigenvalue weighted by atomic mass is 31.2. The second kappa shape index (κ2) is 48.2. The van der Waals surface area contributed by atoms with Crippen molar-refractivity contribution in [2.45, 2.75) is 258 Å². The van der Waals surface area contributed by atoms with Crippen LogP contribution in [0.4, 0.5) is 0 Å². The second-order valence-corrected chi connectivity index (χ2v) is 21.1. The van der Waals surface area contributed by atoms with Crippen LogP contribution in [0.1, 0.15) is 251 Å². The molecule has 8 nitrogen and oxygen atoms in total. The minimum Gasteiger partial charge on any atom is -0.457 e. The Hall–Kier alpha value is -1.28. The normalized spacial score (nSPS) is 13.8. The maximum absolute atomic E-state index is 12.8. The van der Waals surface area contributed by atoms with Crippen LogP contribution in [0.3, 0.4) is 0 Å². The van der Waals surface area contributed by atoms with Crippen molar-refractivity contribution < 1.29 is 37.3 Å². The molecule has 0 aliphatic rings. The van der Waals surface area contributed by atoms with Crippen molar-refractivity contribution in [1.82, 2.24) is 0 Å². The molecule has 2 atom stereocenters. The third kappa shape index (κ3) is 51.7. The first-order chi connectivity index (χ1) is 31.1. The van der Waals surface area contributed by atoms with Gasteiger partial charge in [-0.3, -0.25) is 13.8 Å². The van der Waals surface area contributed by atoms with Gasteiger partial charge in [-0.15, -0.1) is 0 Å². The molecule has 0 aliphatic carbocycles.